The number of hydrogen-bond donors (Lipinski definition) is 2. The fourth-order valence-electron chi connectivity index (χ4n) is 2.79. The number of aliphatic hydroxyl groups excluding tert-OH is 1. The zero-order valence-electron chi connectivity index (χ0n) is 11.1. The molecule has 1 aromatic carbocycles. The van der Waals surface area contributed by atoms with Crippen molar-refractivity contribution in [1.82, 2.24) is 0 Å². The summed E-state index contributed by atoms with van der Waals surface area (Å²) in [6.45, 7) is 0. The van der Waals surface area contributed by atoms with Crippen molar-refractivity contribution in [2.75, 3.05) is 7.11 Å². The first-order chi connectivity index (χ1) is 9.13. The normalized spacial score (nSPS) is 18.0. The average molecular weight is 264 g/mol. The Labute approximate surface area is 113 Å². The molecule has 2 N–H and O–H groups in total. The molecule has 104 valence electrons. The standard InChI is InChI=1S/C15H20O4/c1-19-13-8-7-11(10-5-3-2-4-6-10)9-12(13)14(16)15(17)18/h7-10,14,16H,2-6H2,1H3,(H,17,18). The van der Waals surface area contributed by atoms with Crippen LogP contribution in [-0.2, 0) is 4.79 Å². The summed E-state index contributed by atoms with van der Waals surface area (Å²) < 4.78 is 5.14. The van der Waals surface area contributed by atoms with Gasteiger partial charge in [-0.1, -0.05) is 25.3 Å². The summed E-state index contributed by atoms with van der Waals surface area (Å²) in [7, 11) is 1.48. The molecule has 0 amide bonds. The number of aliphatic hydroxyl groups is 1. The molecule has 1 unspecified atom stereocenters. The van der Waals surface area contributed by atoms with Gasteiger partial charge in [0.05, 0.1) is 7.11 Å². The molecular formula is C15H20O4. The number of benzene rings is 1. The Kier molecular flexibility index (Phi) is 4.43. The zero-order chi connectivity index (χ0) is 13.8. The second-order valence-electron chi connectivity index (χ2n) is 5.08. The average Bonchev–Trinajstić information content (AvgIpc) is 2.46. The van der Waals surface area contributed by atoms with Gasteiger partial charge < -0.3 is 14.9 Å². The van der Waals surface area contributed by atoms with Crippen molar-refractivity contribution in [1.29, 1.82) is 0 Å². The summed E-state index contributed by atoms with van der Waals surface area (Å²) in [6, 6.07) is 5.52. The molecule has 1 aliphatic rings. The zero-order valence-corrected chi connectivity index (χ0v) is 11.1. The molecule has 19 heavy (non-hydrogen) atoms. The van der Waals surface area contributed by atoms with Crippen LogP contribution in [0.4, 0.5) is 0 Å². The lowest BCUT2D eigenvalue weighted by molar-refractivity contribution is -0.147. The van der Waals surface area contributed by atoms with Crippen LogP contribution >= 0.6 is 0 Å². The third-order valence-electron chi connectivity index (χ3n) is 3.86. The first-order valence-corrected chi connectivity index (χ1v) is 6.72. The van der Waals surface area contributed by atoms with E-state index in [1.807, 2.05) is 6.07 Å². The number of carboxylic acids is 1. The van der Waals surface area contributed by atoms with E-state index in [-0.39, 0.29) is 0 Å². The van der Waals surface area contributed by atoms with Gasteiger partial charge in [0.1, 0.15) is 5.75 Å². The van der Waals surface area contributed by atoms with Crippen LogP contribution in [0.25, 0.3) is 0 Å². The molecule has 1 atom stereocenters. The van der Waals surface area contributed by atoms with Crippen molar-refractivity contribution in [3.8, 4) is 5.75 Å². The van der Waals surface area contributed by atoms with Gasteiger partial charge >= 0.3 is 5.97 Å². The van der Waals surface area contributed by atoms with Gasteiger partial charge in [-0.05, 0) is 36.5 Å². The van der Waals surface area contributed by atoms with Crippen molar-refractivity contribution < 1.29 is 19.7 Å². The Morgan fingerprint density at radius 3 is 2.58 bits per heavy atom. The van der Waals surface area contributed by atoms with Crippen molar-refractivity contribution in [3.05, 3.63) is 29.3 Å². The largest absolute Gasteiger partial charge is 0.496 e. The predicted octanol–water partition coefficient (Wildman–Crippen LogP) is 2.86. The summed E-state index contributed by atoms with van der Waals surface area (Å²) in [6.07, 6.45) is 4.45. The third kappa shape index (κ3) is 3.07. The Morgan fingerprint density at radius 1 is 1.32 bits per heavy atom. The summed E-state index contributed by atoms with van der Waals surface area (Å²) in [5, 5.41) is 18.7. The van der Waals surface area contributed by atoms with Crippen LogP contribution in [0, 0.1) is 0 Å². The van der Waals surface area contributed by atoms with Crippen LogP contribution < -0.4 is 4.74 Å². The molecule has 0 aliphatic heterocycles. The molecule has 0 spiro atoms. The number of ether oxygens (including phenoxy) is 1. The van der Waals surface area contributed by atoms with Crippen molar-refractivity contribution in [2.45, 2.75) is 44.1 Å². The van der Waals surface area contributed by atoms with E-state index in [1.165, 1.54) is 26.4 Å². The molecule has 4 nitrogen and oxygen atoms in total. The highest BCUT2D eigenvalue weighted by atomic mass is 16.5. The minimum Gasteiger partial charge on any atom is -0.496 e. The van der Waals surface area contributed by atoms with Gasteiger partial charge in [0.15, 0.2) is 6.10 Å². The Morgan fingerprint density at radius 2 is 2.00 bits per heavy atom. The van der Waals surface area contributed by atoms with Crippen LogP contribution in [0.2, 0.25) is 0 Å². The lowest BCUT2D eigenvalue weighted by Gasteiger charge is -2.23. The van der Waals surface area contributed by atoms with E-state index in [4.69, 9.17) is 9.84 Å². The smallest absolute Gasteiger partial charge is 0.337 e. The maximum Gasteiger partial charge on any atom is 0.337 e. The number of methoxy groups -OCH3 is 1. The van der Waals surface area contributed by atoms with Gasteiger partial charge in [-0.25, -0.2) is 4.79 Å². The molecule has 4 heteroatoms. The molecule has 0 heterocycles. The van der Waals surface area contributed by atoms with E-state index < -0.39 is 12.1 Å². The lowest BCUT2D eigenvalue weighted by atomic mass is 9.83. The highest BCUT2D eigenvalue weighted by molar-refractivity contribution is 5.75. The van der Waals surface area contributed by atoms with Gasteiger partial charge in [0.2, 0.25) is 0 Å². The number of hydrogen-bond acceptors (Lipinski definition) is 3. The lowest BCUT2D eigenvalue weighted by Crippen LogP contribution is -2.13. The van der Waals surface area contributed by atoms with E-state index in [1.54, 1.807) is 12.1 Å². The maximum atomic E-state index is 10.9. The second-order valence-corrected chi connectivity index (χ2v) is 5.08. The fourth-order valence-corrected chi connectivity index (χ4v) is 2.79. The van der Waals surface area contributed by atoms with Crippen LogP contribution in [0.15, 0.2) is 18.2 Å². The monoisotopic (exact) mass is 264 g/mol. The SMILES string of the molecule is COc1ccc(C2CCCCC2)cc1C(O)C(=O)O. The van der Waals surface area contributed by atoms with Crippen LogP contribution in [-0.4, -0.2) is 23.3 Å². The Balaban J connectivity index is 2.31. The molecular weight excluding hydrogens is 244 g/mol. The molecule has 2 rings (SSSR count). The highest BCUT2D eigenvalue weighted by Gasteiger charge is 2.23. The van der Waals surface area contributed by atoms with Gasteiger partial charge in [-0.3, -0.25) is 0 Å². The maximum absolute atomic E-state index is 10.9. The van der Waals surface area contributed by atoms with Crippen molar-refractivity contribution in [3.63, 3.8) is 0 Å². The molecule has 1 fully saturated rings. The first kappa shape index (κ1) is 13.9. The minimum absolute atomic E-state index is 0.345. The Hall–Kier alpha value is -1.55. The fraction of sp³-hybridized carbons (Fsp3) is 0.533. The second kappa shape index (κ2) is 6.06. The van der Waals surface area contributed by atoms with Crippen molar-refractivity contribution in [2.24, 2.45) is 0 Å². The van der Waals surface area contributed by atoms with E-state index in [2.05, 4.69) is 0 Å². The van der Waals surface area contributed by atoms with E-state index in [9.17, 15) is 9.90 Å². The molecule has 0 saturated heterocycles. The van der Waals surface area contributed by atoms with Crippen LogP contribution in [0.5, 0.6) is 5.75 Å². The minimum atomic E-state index is -1.53. The van der Waals surface area contributed by atoms with Gasteiger partial charge in [0, 0.05) is 5.56 Å². The van der Waals surface area contributed by atoms with E-state index in [0.29, 0.717) is 17.2 Å². The molecule has 0 aromatic heterocycles. The number of carbonyl (C=O) groups is 1. The van der Waals surface area contributed by atoms with Crippen LogP contribution in [0.3, 0.4) is 0 Å². The molecule has 1 aromatic rings. The number of carboxylic acid groups (broad SMARTS) is 1. The molecule has 0 radical (unpaired) electrons. The van der Waals surface area contributed by atoms with Gasteiger partial charge in [-0.15, -0.1) is 0 Å². The predicted molar refractivity (Wildman–Crippen MR) is 71.4 cm³/mol. The molecule has 0 bridgehead atoms. The van der Waals surface area contributed by atoms with Gasteiger partial charge in [-0.2, -0.15) is 0 Å². The molecule has 1 saturated carbocycles. The van der Waals surface area contributed by atoms with E-state index in [0.717, 1.165) is 18.4 Å². The number of aliphatic carboxylic acids is 1. The third-order valence-corrected chi connectivity index (χ3v) is 3.86. The van der Waals surface area contributed by atoms with Crippen molar-refractivity contribution >= 4 is 5.97 Å². The molecule has 1 aliphatic carbocycles. The van der Waals surface area contributed by atoms with Crippen LogP contribution in [0.1, 0.15) is 55.3 Å². The Bertz CT molecular complexity index is 449. The topological polar surface area (TPSA) is 66.8 Å². The number of rotatable bonds is 4. The van der Waals surface area contributed by atoms with E-state index >= 15 is 0 Å². The quantitative estimate of drug-likeness (QED) is 0.877. The van der Waals surface area contributed by atoms with Gasteiger partial charge in [0.25, 0.3) is 0 Å². The summed E-state index contributed by atoms with van der Waals surface area (Å²) in [4.78, 5) is 10.9. The summed E-state index contributed by atoms with van der Waals surface area (Å²) in [5.74, 6) is -0.354. The summed E-state index contributed by atoms with van der Waals surface area (Å²) in [5.41, 5.74) is 1.45. The summed E-state index contributed by atoms with van der Waals surface area (Å²) >= 11 is 0. The highest BCUT2D eigenvalue weighted by Crippen LogP contribution is 2.36. The first-order valence-electron chi connectivity index (χ1n) is 6.72.